The van der Waals surface area contributed by atoms with Crippen LogP contribution in [0.1, 0.15) is 50.8 Å². The lowest BCUT2D eigenvalue weighted by atomic mass is 9.78. The lowest BCUT2D eigenvalue weighted by Crippen LogP contribution is -2.31. The summed E-state index contributed by atoms with van der Waals surface area (Å²) in [6.07, 6.45) is 10.6. The molecule has 1 N–H and O–H groups in total. The van der Waals surface area contributed by atoms with Gasteiger partial charge in [0.25, 0.3) is 0 Å². The number of nitrogens with one attached hydrogen (secondary N) is 1. The van der Waals surface area contributed by atoms with Crippen molar-refractivity contribution < 1.29 is 0 Å². The van der Waals surface area contributed by atoms with Crippen LogP contribution < -0.4 is 5.32 Å². The van der Waals surface area contributed by atoms with Gasteiger partial charge in [0.15, 0.2) is 0 Å². The van der Waals surface area contributed by atoms with Gasteiger partial charge < -0.3 is 9.88 Å². The summed E-state index contributed by atoms with van der Waals surface area (Å²) in [5, 5.41) is 3.58. The van der Waals surface area contributed by atoms with E-state index in [1.54, 1.807) is 0 Å². The minimum atomic E-state index is 0.660. The van der Waals surface area contributed by atoms with Gasteiger partial charge in [-0.15, -0.1) is 0 Å². The summed E-state index contributed by atoms with van der Waals surface area (Å²) in [5.41, 5.74) is 0. The lowest BCUT2D eigenvalue weighted by Gasteiger charge is -2.31. The standard InChI is InChI=1S/C14H25N3/c1-3-8-15-11-12-6-4-5-7-13(12)14-16-9-10-17(14)2/h9-10,12-13,15H,3-8,11H2,1-2H3. The molecule has 0 aliphatic heterocycles. The quantitative estimate of drug-likeness (QED) is 0.795. The zero-order chi connectivity index (χ0) is 12.1. The molecule has 1 fully saturated rings. The van der Waals surface area contributed by atoms with Crippen LogP contribution in [0.5, 0.6) is 0 Å². The molecule has 3 heteroatoms. The van der Waals surface area contributed by atoms with Crippen molar-refractivity contribution in [1.82, 2.24) is 14.9 Å². The molecule has 0 amide bonds. The molecule has 0 saturated heterocycles. The highest BCUT2D eigenvalue weighted by molar-refractivity contribution is 5.04. The Morgan fingerprint density at radius 2 is 2.24 bits per heavy atom. The Bertz CT molecular complexity index is 332. The second-order valence-electron chi connectivity index (χ2n) is 5.25. The van der Waals surface area contributed by atoms with Crippen molar-refractivity contribution in [3.05, 3.63) is 18.2 Å². The average molecular weight is 235 g/mol. The summed E-state index contributed by atoms with van der Waals surface area (Å²) in [5.74, 6) is 2.72. The molecule has 3 nitrogen and oxygen atoms in total. The van der Waals surface area contributed by atoms with Gasteiger partial charge in [0.1, 0.15) is 5.82 Å². The summed E-state index contributed by atoms with van der Waals surface area (Å²) in [4.78, 5) is 4.55. The first kappa shape index (κ1) is 12.6. The average Bonchev–Trinajstić information content (AvgIpc) is 2.76. The third-order valence-corrected chi connectivity index (χ3v) is 3.93. The molecule has 0 bridgehead atoms. The fraction of sp³-hybridized carbons (Fsp3) is 0.786. The van der Waals surface area contributed by atoms with E-state index >= 15 is 0 Å². The largest absolute Gasteiger partial charge is 0.338 e. The summed E-state index contributed by atoms with van der Waals surface area (Å²) in [6, 6.07) is 0. The van der Waals surface area contributed by atoms with Gasteiger partial charge in [0.05, 0.1) is 0 Å². The maximum Gasteiger partial charge on any atom is 0.111 e. The van der Waals surface area contributed by atoms with Crippen LogP contribution in [-0.4, -0.2) is 22.6 Å². The van der Waals surface area contributed by atoms with E-state index in [4.69, 9.17) is 0 Å². The Hall–Kier alpha value is -0.830. The first-order valence-corrected chi connectivity index (χ1v) is 7.01. The van der Waals surface area contributed by atoms with Crippen LogP contribution in [0.25, 0.3) is 0 Å². The molecule has 1 saturated carbocycles. The minimum Gasteiger partial charge on any atom is -0.338 e. The van der Waals surface area contributed by atoms with E-state index in [2.05, 4.69) is 35.0 Å². The molecule has 2 rings (SSSR count). The van der Waals surface area contributed by atoms with Crippen molar-refractivity contribution >= 4 is 0 Å². The molecular formula is C14H25N3. The molecule has 0 radical (unpaired) electrons. The smallest absolute Gasteiger partial charge is 0.111 e. The zero-order valence-electron chi connectivity index (χ0n) is 11.2. The maximum atomic E-state index is 4.55. The molecule has 0 aromatic carbocycles. The SMILES string of the molecule is CCCNCC1CCCCC1c1nccn1C. The number of imidazole rings is 1. The van der Waals surface area contributed by atoms with Gasteiger partial charge in [-0.1, -0.05) is 19.8 Å². The van der Waals surface area contributed by atoms with Gasteiger partial charge in [-0.3, -0.25) is 0 Å². The number of aryl methyl sites for hydroxylation is 1. The molecule has 17 heavy (non-hydrogen) atoms. The van der Waals surface area contributed by atoms with Crippen LogP contribution in [0.15, 0.2) is 12.4 Å². The van der Waals surface area contributed by atoms with Gasteiger partial charge in [-0.25, -0.2) is 4.98 Å². The second-order valence-corrected chi connectivity index (χ2v) is 5.25. The van der Waals surface area contributed by atoms with Gasteiger partial charge in [-0.2, -0.15) is 0 Å². The third-order valence-electron chi connectivity index (χ3n) is 3.93. The number of hydrogen-bond acceptors (Lipinski definition) is 2. The van der Waals surface area contributed by atoms with Gasteiger partial charge in [0.2, 0.25) is 0 Å². The molecule has 1 heterocycles. The molecule has 1 aliphatic rings. The highest BCUT2D eigenvalue weighted by Crippen LogP contribution is 2.36. The molecular weight excluding hydrogens is 210 g/mol. The Labute approximate surface area is 105 Å². The van der Waals surface area contributed by atoms with Gasteiger partial charge in [-0.05, 0) is 38.3 Å². The fourth-order valence-electron chi connectivity index (χ4n) is 2.99. The maximum absolute atomic E-state index is 4.55. The van der Waals surface area contributed by atoms with Crippen LogP contribution in [-0.2, 0) is 7.05 Å². The Kier molecular flexibility index (Phi) is 4.60. The van der Waals surface area contributed by atoms with E-state index in [0.717, 1.165) is 19.0 Å². The first-order valence-electron chi connectivity index (χ1n) is 7.01. The van der Waals surface area contributed by atoms with E-state index in [9.17, 15) is 0 Å². The molecule has 96 valence electrons. The summed E-state index contributed by atoms with van der Waals surface area (Å²) < 4.78 is 2.20. The Balaban J connectivity index is 1.99. The van der Waals surface area contributed by atoms with Crippen LogP contribution in [0.2, 0.25) is 0 Å². The van der Waals surface area contributed by atoms with Crippen molar-refractivity contribution in [1.29, 1.82) is 0 Å². The van der Waals surface area contributed by atoms with Crippen LogP contribution in [0.4, 0.5) is 0 Å². The predicted molar refractivity (Wildman–Crippen MR) is 71.1 cm³/mol. The van der Waals surface area contributed by atoms with Gasteiger partial charge >= 0.3 is 0 Å². The molecule has 2 unspecified atom stereocenters. The normalized spacial score (nSPS) is 25.1. The van der Waals surface area contributed by atoms with E-state index in [0.29, 0.717) is 5.92 Å². The minimum absolute atomic E-state index is 0.660. The van der Waals surface area contributed by atoms with Crippen molar-refractivity contribution in [3.8, 4) is 0 Å². The van der Waals surface area contributed by atoms with Crippen LogP contribution in [0.3, 0.4) is 0 Å². The van der Waals surface area contributed by atoms with Gasteiger partial charge in [0, 0.05) is 25.4 Å². The Morgan fingerprint density at radius 3 is 2.94 bits per heavy atom. The van der Waals surface area contributed by atoms with E-state index in [-0.39, 0.29) is 0 Å². The van der Waals surface area contributed by atoms with Crippen LogP contribution >= 0.6 is 0 Å². The van der Waals surface area contributed by atoms with Crippen molar-refractivity contribution in [3.63, 3.8) is 0 Å². The van der Waals surface area contributed by atoms with E-state index < -0.39 is 0 Å². The zero-order valence-corrected chi connectivity index (χ0v) is 11.2. The van der Waals surface area contributed by atoms with Crippen molar-refractivity contribution in [2.45, 2.75) is 44.9 Å². The Morgan fingerprint density at radius 1 is 1.41 bits per heavy atom. The summed E-state index contributed by atoms with van der Waals surface area (Å²) >= 11 is 0. The molecule has 1 aromatic rings. The van der Waals surface area contributed by atoms with Crippen molar-refractivity contribution in [2.75, 3.05) is 13.1 Å². The number of nitrogens with zero attached hydrogens (tertiary/aromatic N) is 2. The number of aromatic nitrogens is 2. The van der Waals surface area contributed by atoms with Crippen molar-refractivity contribution in [2.24, 2.45) is 13.0 Å². The highest BCUT2D eigenvalue weighted by Gasteiger charge is 2.28. The topological polar surface area (TPSA) is 29.9 Å². The highest BCUT2D eigenvalue weighted by atomic mass is 15.0. The summed E-state index contributed by atoms with van der Waals surface area (Å²) in [6.45, 7) is 4.53. The predicted octanol–water partition coefficient (Wildman–Crippen LogP) is 2.69. The first-order chi connectivity index (χ1) is 8.33. The molecule has 2 atom stereocenters. The van der Waals surface area contributed by atoms with E-state index in [1.807, 2.05) is 6.20 Å². The number of hydrogen-bond donors (Lipinski definition) is 1. The molecule has 1 aromatic heterocycles. The van der Waals surface area contributed by atoms with Crippen LogP contribution in [0, 0.1) is 5.92 Å². The number of rotatable bonds is 5. The second kappa shape index (κ2) is 6.20. The van der Waals surface area contributed by atoms with E-state index in [1.165, 1.54) is 37.9 Å². The fourth-order valence-corrected chi connectivity index (χ4v) is 2.99. The summed E-state index contributed by atoms with van der Waals surface area (Å²) in [7, 11) is 2.12. The lowest BCUT2D eigenvalue weighted by molar-refractivity contribution is 0.283. The monoisotopic (exact) mass is 235 g/mol. The molecule has 0 spiro atoms. The molecule has 1 aliphatic carbocycles. The third kappa shape index (κ3) is 3.09.